The van der Waals surface area contributed by atoms with Crippen LogP contribution in [0.15, 0.2) is 40.9 Å². The van der Waals surface area contributed by atoms with Crippen molar-refractivity contribution >= 4 is 28.3 Å². The Balaban J connectivity index is 0.00000264. The fourth-order valence-electron chi connectivity index (χ4n) is 1.86. The van der Waals surface area contributed by atoms with Crippen LogP contribution >= 0.6 is 28.3 Å². The first kappa shape index (κ1) is 19.5. The average Bonchev–Trinajstić information content (AvgIpc) is 2.43. The Hall–Kier alpha value is -1.51. The fourth-order valence-corrected chi connectivity index (χ4v) is 2.18. The molecule has 2 aromatic carbocycles. The summed E-state index contributed by atoms with van der Waals surface area (Å²) < 4.78 is 53.7. The maximum atomic E-state index is 13.6. The van der Waals surface area contributed by atoms with Gasteiger partial charge in [0.25, 0.3) is 0 Å². The molecule has 0 spiro atoms. The number of phenolic OH excluding ortho intramolecular Hbond substituents is 1. The number of alkyl halides is 3. The Kier molecular flexibility index (Phi) is 6.26. The first-order valence-corrected chi connectivity index (χ1v) is 6.76. The molecule has 3 N–H and O–H groups in total. The Morgan fingerprint density at radius 1 is 1.09 bits per heavy atom. The van der Waals surface area contributed by atoms with Crippen LogP contribution in [0.2, 0.25) is 0 Å². The van der Waals surface area contributed by atoms with Crippen LogP contribution in [0.3, 0.4) is 0 Å². The van der Waals surface area contributed by atoms with Gasteiger partial charge in [-0.1, -0.05) is 18.2 Å². The summed E-state index contributed by atoms with van der Waals surface area (Å²) in [6, 6.07) is 6.71. The van der Waals surface area contributed by atoms with Gasteiger partial charge in [-0.25, -0.2) is 4.39 Å². The van der Waals surface area contributed by atoms with Crippen LogP contribution in [0.5, 0.6) is 11.5 Å². The quantitative estimate of drug-likeness (QED) is 0.716. The number of halogens is 6. The smallest absolute Gasteiger partial charge is 0.505 e. The zero-order valence-corrected chi connectivity index (χ0v) is 13.7. The van der Waals surface area contributed by atoms with Gasteiger partial charge in [0.1, 0.15) is 5.75 Å². The van der Waals surface area contributed by atoms with Gasteiger partial charge < -0.3 is 15.6 Å². The molecule has 2 aromatic rings. The van der Waals surface area contributed by atoms with Crippen molar-refractivity contribution in [2.75, 3.05) is 0 Å². The summed E-state index contributed by atoms with van der Waals surface area (Å²) in [5.74, 6) is -1.86. The lowest BCUT2D eigenvalue weighted by Gasteiger charge is -2.16. The minimum Gasteiger partial charge on any atom is -0.505 e. The van der Waals surface area contributed by atoms with Gasteiger partial charge in [0.2, 0.25) is 0 Å². The van der Waals surface area contributed by atoms with Gasteiger partial charge in [0.05, 0.1) is 10.5 Å². The molecule has 0 saturated carbocycles. The van der Waals surface area contributed by atoms with Crippen molar-refractivity contribution in [2.45, 2.75) is 12.4 Å². The number of ether oxygens (including phenoxy) is 1. The highest BCUT2D eigenvalue weighted by molar-refractivity contribution is 9.10. The Morgan fingerprint density at radius 2 is 1.65 bits per heavy atom. The third kappa shape index (κ3) is 4.73. The highest BCUT2D eigenvalue weighted by atomic mass is 79.9. The number of aromatic hydroxyl groups is 1. The molecule has 1 atom stereocenters. The minimum atomic E-state index is -4.78. The van der Waals surface area contributed by atoms with E-state index in [1.165, 1.54) is 24.3 Å². The SMILES string of the molecule is Cl.N[C@@H](c1ccc(OC(F)(F)F)cc1)c1ccc(Br)c(F)c1O. The molecule has 0 unspecified atom stereocenters. The van der Waals surface area contributed by atoms with Gasteiger partial charge in [-0.05, 0) is 39.7 Å². The summed E-state index contributed by atoms with van der Waals surface area (Å²) in [5, 5.41) is 9.76. The molecule has 2 rings (SSSR count). The zero-order chi connectivity index (χ0) is 16.5. The molecule has 0 amide bonds. The molecule has 9 heteroatoms. The summed E-state index contributed by atoms with van der Waals surface area (Å²) in [6.07, 6.45) is -4.78. The van der Waals surface area contributed by atoms with Gasteiger partial charge in [0, 0.05) is 5.56 Å². The van der Waals surface area contributed by atoms with Crippen molar-refractivity contribution in [1.82, 2.24) is 0 Å². The summed E-state index contributed by atoms with van der Waals surface area (Å²) in [7, 11) is 0. The van der Waals surface area contributed by atoms with E-state index in [1.807, 2.05) is 0 Å². The molecule has 0 radical (unpaired) electrons. The number of hydrogen-bond donors (Lipinski definition) is 2. The van der Waals surface area contributed by atoms with Crippen molar-refractivity contribution in [3.8, 4) is 11.5 Å². The van der Waals surface area contributed by atoms with Crippen molar-refractivity contribution < 1.29 is 27.4 Å². The summed E-state index contributed by atoms with van der Waals surface area (Å²) in [4.78, 5) is 0. The second-order valence-electron chi connectivity index (χ2n) is 4.39. The number of rotatable bonds is 3. The van der Waals surface area contributed by atoms with Crippen LogP contribution < -0.4 is 10.5 Å². The van der Waals surface area contributed by atoms with Crippen LogP contribution in [0.1, 0.15) is 17.2 Å². The van der Waals surface area contributed by atoms with Crippen molar-refractivity contribution in [2.24, 2.45) is 5.73 Å². The van der Waals surface area contributed by atoms with Gasteiger partial charge in [-0.2, -0.15) is 0 Å². The number of nitrogens with two attached hydrogens (primary N) is 1. The molecule has 3 nitrogen and oxygen atoms in total. The summed E-state index contributed by atoms with van der Waals surface area (Å²) >= 11 is 2.92. The van der Waals surface area contributed by atoms with Gasteiger partial charge >= 0.3 is 6.36 Å². The van der Waals surface area contributed by atoms with Crippen LogP contribution in [0, 0.1) is 5.82 Å². The highest BCUT2D eigenvalue weighted by Crippen LogP contribution is 2.34. The van der Waals surface area contributed by atoms with Gasteiger partial charge in [-0.15, -0.1) is 25.6 Å². The van der Waals surface area contributed by atoms with E-state index in [1.54, 1.807) is 0 Å². The normalized spacial score (nSPS) is 12.4. The molecule has 0 aromatic heterocycles. The second-order valence-corrected chi connectivity index (χ2v) is 5.25. The lowest BCUT2D eigenvalue weighted by atomic mass is 9.98. The van der Waals surface area contributed by atoms with E-state index < -0.39 is 29.7 Å². The molecule has 0 bridgehead atoms. The van der Waals surface area contributed by atoms with E-state index in [4.69, 9.17) is 5.73 Å². The van der Waals surface area contributed by atoms with E-state index in [0.29, 0.717) is 5.56 Å². The van der Waals surface area contributed by atoms with E-state index >= 15 is 0 Å². The molecular weight excluding hydrogens is 406 g/mol. The topological polar surface area (TPSA) is 55.5 Å². The summed E-state index contributed by atoms with van der Waals surface area (Å²) in [5.41, 5.74) is 6.42. The standard InChI is InChI=1S/C14H10BrF4NO2.ClH/c15-10-6-5-9(13(21)11(10)16)12(20)7-1-3-8(4-2-7)22-14(17,18)19;/h1-6,12,21H,20H2;1H/t12-;/m0./s1. The molecule has 0 fully saturated rings. The van der Waals surface area contributed by atoms with Crippen LogP contribution in [0.4, 0.5) is 17.6 Å². The van der Waals surface area contributed by atoms with Crippen molar-refractivity contribution in [3.63, 3.8) is 0 Å². The third-order valence-electron chi connectivity index (χ3n) is 2.91. The zero-order valence-electron chi connectivity index (χ0n) is 11.3. The Bertz CT molecular complexity index is 680. The van der Waals surface area contributed by atoms with E-state index in [-0.39, 0.29) is 22.4 Å². The molecule has 0 aliphatic heterocycles. The van der Waals surface area contributed by atoms with E-state index in [0.717, 1.165) is 12.1 Å². The summed E-state index contributed by atoms with van der Waals surface area (Å²) in [6.45, 7) is 0. The molecular formula is C14H11BrClF4NO2. The van der Waals surface area contributed by atoms with Crippen LogP contribution in [0.25, 0.3) is 0 Å². The Morgan fingerprint density at radius 3 is 2.17 bits per heavy atom. The lowest BCUT2D eigenvalue weighted by molar-refractivity contribution is -0.274. The predicted molar refractivity (Wildman–Crippen MR) is 82.2 cm³/mol. The average molecular weight is 417 g/mol. The monoisotopic (exact) mass is 415 g/mol. The predicted octanol–water partition coefficient (Wildman–Crippen LogP) is 4.66. The Labute approximate surface area is 143 Å². The second kappa shape index (κ2) is 7.37. The lowest BCUT2D eigenvalue weighted by Crippen LogP contribution is -2.17. The largest absolute Gasteiger partial charge is 0.573 e. The highest BCUT2D eigenvalue weighted by Gasteiger charge is 2.31. The molecule has 0 aliphatic carbocycles. The third-order valence-corrected chi connectivity index (χ3v) is 3.52. The molecule has 0 saturated heterocycles. The van der Waals surface area contributed by atoms with Crippen molar-refractivity contribution in [3.05, 3.63) is 57.8 Å². The van der Waals surface area contributed by atoms with Gasteiger partial charge in [0.15, 0.2) is 11.6 Å². The van der Waals surface area contributed by atoms with Gasteiger partial charge in [-0.3, -0.25) is 0 Å². The van der Waals surface area contributed by atoms with Crippen molar-refractivity contribution in [1.29, 1.82) is 0 Å². The molecule has 0 heterocycles. The van der Waals surface area contributed by atoms with Crippen LogP contribution in [-0.4, -0.2) is 11.5 Å². The minimum absolute atomic E-state index is 0. The first-order valence-electron chi connectivity index (χ1n) is 5.97. The number of benzene rings is 2. The number of phenols is 1. The molecule has 0 aliphatic rings. The fraction of sp³-hybridized carbons (Fsp3) is 0.143. The maximum Gasteiger partial charge on any atom is 0.573 e. The molecule has 23 heavy (non-hydrogen) atoms. The molecule has 126 valence electrons. The van der Waals surface area contributed by atoms with E-state index in [2.05, 4.69) is 20.7 Å². The first-order chi connectivity index (χ1) is 10.2. The maximum absolute atomic E-state index is 13.6. The van der Waals surface area contributed by atoms with E-state index in [9.17, 15) is 22.7 Å². The number of hydrogen-bond acceptors (Lipinski definition) is 3. The van der Waals surface area contributed by atoms with Crippen LogP contribution in [-0.2, 0) is 0 Å².